The molecule has 10 nitrogen and oxygen atoms in total. The third-order valence-electron chi connectivity index (χ3n) is 4.52. The fourth-order valence-electron chi connectivity index (χ4n) is 2.96. The predicted molar refractivity (Wildman–Crippen MR) is 116 cm³/mol. The normalized spacial score (nSPS) is 10.9. The number of amides is 2. The Labute approximate surface area is 186 Å². The summed E-state index contributed by atoms with van der Waals surface area (Å²) in [5.74, 6) is -1.89. The van der Waals surface area contributed by atoms with Crippen molar-refractivity contribution in [1.82, 2.24) is 19.6 Å². The van der Waals surface area contributed by atoms with E-state index in [2.05, 4.69) is 15.5 Å². The lowest BCUT2D eigenvalue weighted by Gasteiger charge is -2.06. The molecule has 3 heterocycles. The number of carbonyl (C=O) groups excluding carboxylic acids is 3. The Kier molecular flexibility index (Phi) is 6.46. The number of aryl methyl sites for hydroxylation is 1. The van der Waals surface area contributed by atoms with Gasteiger partial charge in [0.15, 0.2) is 5.69 Å². The second-order valence-corrected chi connectivity index (χ2v) is 8.06. The maximum atomic E-state index is 12.7. The van der Waals surface area contributed by atoms with Gasteiger partial charge < -0.3 is 15.8 Å². The van der Waals surface area contributed by atoms with Crippen LogP contribution in [0, 0.1) is 20.8 Å². The predicted octanol–water partition coefficient (Wildman–Crippen LogP) is 2.75. The first kappa shape index (κ1) is 22.5. The molecule has 0 spiro atoms. The van der Waals surface area contributed by atoms with E-state index in [0.717, 1.165) is 17.0 Å². The van der Waals surface area contributed by atoms with Crippen molar-refractivity contribution in [3.63, 3.8) is 0 Å². The van der Waals surface area contributed by atoms with Gasteiger partial charge >= 0.3 is 5.97 Å². The molecule has 0 aliphatic carbocycles. The molecule has 0 aromatic carbocycles. The van der Waals surface area contributed by atoms with Crippen molar-refractivity contribution in [3.8, 4) is 0 Å². The van der Waals surface area contributed by atoms with Crippen LogP contribution < -0.4 is 11.1 Å². The summed E-state index contributed by atoms with van der Waals surface area (Å²) in [6, 6.07) is 1.53. The highest BCUT2D eigenvalue weighted by Crippen LogP contribution is 2.33. The Morgan fingerprint density at radius 3 is 2.55 bits per heavy atom. The molecule has 0 fully saturated rings. The van der Waals surface area contributed by atoms with Crippen molar-refractivity contribution < 1.29 is 19.1 Å². The quantitative estimate of drug-likeness (QED) is 0.516. The van der Waals surface area contributed by atoms with Crippen molar-refractivity contribution in [2.24, 2.45) is 5.73 Å². The van der Waals surface area contributed by atoms with Gasteiger partial charge in [-0.25, -0.2) is 9.48 Å². The molecule has 31 heavy (non-hydrogen) atoms. The summed E-state index contributed by atoms with van der Waals surface area (Å²) in [6.45, 7) is 7.30. The van der Waals surface area contributed by atoms with Gasteiger partial charge in [0.05, 0.1) is 33.5 Å². The number of halogens is 1. The van der Waals surface area contributed by atoms with Crippen LogP contribution in [-0.4, -0.2) is 44.0 Å². The van der Waals surface area contributed by atoms with Gasteiger partial charge in [-0.15, -0.1) is 11.3 Å². The Morgan fingerprint density at radius 2 is 1.97 bits per heavy atom. The molecule has 3 N–H and O–H groups in total. The van der Waals surface area contributed by atoms with Crippen LogP contribution in [0.3, 0.4) is 0 Å². The van der Waals surface area contributed by atoms with E-state index in [0.29, 0.717) is 16.3 Å². The Balaban J connectivity index is 1.83. The number of nitrogens with one attached hydrogen (secondary N) is 1. The smallest absolute Gasteiger partial charge is 0.341 e. The van der Waals surface area contributed by atoms with E-state index in [-0.39, 0.29) is 34.4 Å². The molecule has 0 aliphatic heterocycles. The first-order valence-electron chi connectivity index (χ1n) is 9.28. The lowest BCUT2D eigenvalue weighted by Crippen LogP contribution is -2.17. The van der Waals surface area contributed by atoms with Crippen LogP contribution in [0.5, 0.6) is 0 Å². The average Bonchev–Trinajstić information content (AvgIpc) is 3.36. The molecular formula is C19H21ClN6O4S. The third kappa shape index (κ3) is 4.47. The number of hydrogen-bond acceptors (Lipinski definition) is 7. The molecule has 0 radical (unpaired) electrons. The summed E-state index contributed by atoms with van der Waals surface area (Å²) in [4.78, 5) is 36.9. The topological polar surface area (TPSA) is 134 Å². The summed E-state index contributed by atoms with van der Waals surface area (Å²) in [7, 11) is 0. The second-order valence-electron chi connectivity index (χ2n) is 6.67. The zero-order valence-corrected chi connectivity index (χ0v) is 18.9. The van der Waals surface area contributed by atoms with E-state index in [9.17, 15) is 14.4 Å². The highest BCUT2D eigenvalue weighted by molar-refractivity contribution is 7.18. The SMILES string of the molecule is CCOC(=O)c1c(NC(=O)c2ccn(Cn3nc(C)c(Cl)c3C)n2)sc(C(N)=O)c1C. The summed E-state index contributed by atoms with van der Waals surface area (Å²) < 4.78 is 8.25. The van der Waals surface area contributed by atoms with Gasteiger partial charge in [0.25, 0.3) is 11.8 Å². The highest BCUT2D eigenvalue weighted by atomic mass is 35.5. The molecule has 164 valence electrons. The molecule has 2 amide bonds. The minimum absolute atomic E-state index is 0.103. The third-order valence-corrected chi connectivity index (χ3v) is 6.29. The number of rotatable bonds is 7. The maximum Gasteiger partial charge on any atom is 0.341 e. The molecular weight excluding hydrogens is 444 g/mol. The number of primary amides is 1. The average molecular weight is 465 g/mol. The van der Waals surface area contributed by atoms with Crippen LogP contribution in [0.15, 0.2) is 12.3 Å². The molecule has 12 heteroatoms. The van der Waals surface area contributed by atoms with Crippen LogP contribution in [0.25, 0.3) is 0 Å². The molecule has 3 aromatic heterocycles. The van der Waals surface area contributed by atoms with Crippen molar-refractivity contribution in [2.75, 3.05) is 11.9 Å². The number of esters is 1. The maximum absolute atomic E-state index is 12.7. The number of ether oxygens (including phenoxy) is 1. The minimum Gasteiger partial charge on any atom is -0.462 e. The van der Waals surface area contributed by atoms with Crippen LogP contribution in [0.2, 0.25) is 5.02 Å². The fraction of sp³-hybridized carbons (Fsp3) is 0.316. The monoisotopic (exact) mass is 464 g/mol. The number of nitrogens with zero attached hydrogens (tertiary/aromatic N) is 4. The van der Waals surface area contributed by atoms with E-state index in [1.165, 1.54) is 10.7 Å². The van der Waals surface area contributed by atoms with E-state index in [4.69, 9.17) is 22.1 Å². The van der Waals surface area contributed by atoms with Gasteiger partial charge in [-0.2, -0.15) is 10.2 Å². The van der Waals surface area contributed by atoms with Crippen molar-refractivity contribution >= 4 is 45.7 Å². The number of hydrogen-bond donors (Lipinski definition) is 2. The van der Waals surface area contributed by atoms with Crippen LogP contribution in [0.4, 0.5) is 5.00 Å². The van der Waals surface area contributed by atoms with Gasteiger partial charge in [-0.3, -0.25) is 14.3 Å². The van der Waals surface area contributed by atoms with E-state index < -0.39 is 17.8 Å². The summed E-state index contributed by atoms with van der Waals surface area (Å²) in [6.07, 6.45) is 1.63. The Bertz CT molecular complexity index is 1180. The van der Waals surface area contributed by atoms with Crippen LogP contribution in [0.1, 0.15) is 54.4 Å². The Hall–Kier alpha value is -3.18. The van der Waals surface area contributed by atoms with Gasteiger partial charge in [0.1, 0.15) is 11.7 Å². The van der Waals surface area contributed by atoms with E-state index in [1.54, 1.807) is 31.6 Å². The van der Waals surface area contributed by atoms with Gasteiger partial charge in [0.2, 0.25) is 0 Å². The molecule has 0 bridgehead atoms. The molecule has 0 saturated carbocycles. The Morgan fingerprint density at radius 1 is 1.26 bits per heavy atom. The lowest BCUT2D eigenvalue weighted by molar-refractivity contribution is 0.0527. The number of nitrogens with two attached hydrogens (primary N) is 1. The van der Waals surface area contributed by atoms with Gasteiger partial charge in [-0.05, 0) is 39.3 Å². The lowest BCUT2D eigenvalue weighted by atomic mass is 10.1. The number of thiophene rings is 1. The van der Waals surface area contributed by atoms with Crippen LogP contribution in [-0.2, 0) is 11.4 Å². The first-order chi connectivity index (χ1) is 14.6. The zero-order chi connectivity index (χ0) is 22.9. The van der Waals surface area contributed by atoms with E-state index in [1.807, 2.05) is 6.92 Å². The number of carbonyl (C=O) groups is 3. The minimum atomic E-state index is -0.693. The van der Waals surface area contributed by atoms with Gasteiger partial charge in [0, 0.05) is 6.20 Å². The van der Waals surface area contributed by atoms with Crippen molar-refractivity contribution in [3.05, 3.63) is 50.4 Å². The molecule has 0 aliphatic rings. The fourth-order valence-corrected chi connectivity index (χ4v) is 4.14. The molecule has 0 unspecified atom stereocenters. The summed E-state index contributed by atoms with van der Waals surface area (Å²) in [5, 5.41) is 12.0. The first-order valence-corrected chi connectivity index (χ1v) is 10.5. The summed E-state index contributed by atoms with van der Waals surface area (Å²) >= 11 is 7.08. The van der Waals surface area contributed by atoms with Crippen LogP contribution >= 0.6 is 22.9 Å². The van der Waals surface area contributed by atoms with Crippen molar-refractivity contribution in [1.29, 1.82) is 0 Å². The van der Waals surface area contributed by atoms with E-state index >= 15 is 0 Å². The summed E-state index contributed by atoms with van der Waals surface area (Å²) in [5.41, 5.74) is 7.46. The molecule has 3 aromatic rings. The number of aromatic nitrogens is 4. The second kappa shape index (κ2) is 8.90. The highest BCUT2D eigenvalue weighted by Gasteiger charge is 2.26. The zero-order valence-electron chi connectivity index (χ0n) is 17.4. The van der Waals surface area contributed by atoms with Gasteiger partial charge in [-0.1, -0.05) is 11.6 Å². The molecule has 0 atom stereocenters. The molecule has 0 saturated heterocycles. The largest absolute Gasteiger partial charge is 0.462 e. The number of anilines is 1. The van der Waals surface area contributed by atoms with Crippen molar-refractivity contribution in [2.45, 2.75) is 34.4 Å². The standard InChI is InChI=1S/C19H21ClN6O4S/c1-5-30-19(29)13-9(2)15(16(21)27)31-18(13)22-17(28)12-6-7-25(24-12)8-26-11(4)14(20)10(3)23-26/h6-7H,5,8H2,1-4H3,(H2,21,27)(H,22,28). The molecule has 3 rings (SSSR count).